The van der Waals surface area contributed by atoms with Crippen LogP contribution < -0.4 is 5.56 Å². The highest BCUT2D eigenvalue weighted by Gasteiger charge is 2.30. The highest BCUT2D eigenvalue weighted by atomic mass is 32.1. The molecule has 170 valence electrons. The van der Waals surface area contributed by atoms with Crippen LogP contribution in [0.1, 0.15) is 36.1 Å². The lowest BCUT2D eigenvalue weighted by molar-refractivity contribution is -0.137. The SMILES string of the molecule is CC(CC(=O)N1CCN(Cc2cc(=O)n3ccsc3n2)CC1)c1ccc(C(F)(F)F)cc1. The molecule has 6 nitrogen and oxygen atoms in total. The van der Waals surface area contributed by atoms with E-state index in [1.165, 1.54) is 27.9 Å². The van der Waals surface area contributed by atoms with E-state index in [1.54, 1.807) is 17.2 Å². The highest BCUT2D eigenvalue weighted by molar-refractivity contribution is 7.15. The summed E-state index contributed by atoms with van der Waals surface area (Å²) in [6, 6.07) is 6.55. The number of thiazole rings is 1. The van der Waals surface area contributed by atoms with Crippen molar-refractivity contribution in [3.63, 3.8) is 0 Å². The Balaban J connectivity index is 1.29. The molecule has 1 atom stereocenters. The molecule has 0 spiro atoms. The van der Waals surface area contributed by atoms with Gasteiger partial charge in [-0.1, -0.05) is 19.1 Å². The number of nitrogens with zero attached hydrogens (tertiary/aromatic N) is 4. The molecule has 1 aliphatic heterocycles. The Kier molecular flexibility index (Phi) is 6.34. The number of rotatable bonds is 5. The van der Waals surface area contributed by atoms with Gasteiger partial charge in [-0.3, -0.25) is 18.9 Å². The first-order chi connectivity index (χ1) is 15.2. The van der Waals surface area contributed by atoms with E-state index < -0.39 is 11.7 Å². The van der Waals surface area contributed by atoms with Gasteiger partial charge in [0.1, 0.15) is 0 Å². The third-order valence-corrected chi connectivity index (χ3v) is 6.51. The average molecular weight is 465 g/mol. The normalized spacial score (nSPS) is 16.4. The van der Waals surface area contributed by atoms with Crippen molar-refractivity contribution in [2.75, 3.05) is 26.2 Å². The molecule has 0 saturated carbocycles. The quantitative estimate of drug-likeness (QED) is 0.579. The first-order valence-electron chi connectivity index (χ1n) is 10.3. The fourth-order valence-electron chi connectivity index (χ4n) is 3.86. The van der Waals surface area contributed by atoms with E-state index in [9.17, 15) is 22.8 Å². The van der Waals surface area contributed by atoms with Crippen molar-refractivity contribution < 1.29 is 18.0 Å². The monoisotopic (exact) mass is 464 g/mol. The van der Waals surface area contributed by atoms with E-state index in [0.717, 1.165) is 12.1 Å². The second-order valence-electron chi connectivity index (χ2n) is 8.02. The van der Waals surface area contributed by atoms with Crippen LogP contribution in [0.5, 0.6) is 0 Å². The molecular formula is C22H23F3N4O2S. The minimum absolute atomic E-state index is 0.00609. The van der Waals surface area contributed by atoms with Crippen molar-refractivity contribution in [1.29, 1.82) is 0 Å². The first-order valence-corrected chi connectivity index (χ1v) is 11.2. The van der Waals surface area contributed by atoms with E-state index in [4.69, 9.17) is 0 Å². The summed E-state index contributed by atoms with van der Waals surface area (Å²) in [5.74, 6) is -0.175. The molecule has 3 heterocycles. The standard InChI is InChI=1S/C22H23F3N4O2S/c1-15(16-2-4-17(5-3-16)22(23,24)25)12-19(30)28-8-6-27(7-9-28)14-18-13-20(31)29-10-11-32-21(29)26-18/h2-5,10-11,13,15H,6-9,12,14H2,1H3. The lowest BCUT2D eigenvalue weighted by Gasteiger charge is -2.35. The molecule has 1 fully saturated rings. The Hall–Kier alpha value is -2.72. The fraction of sp³-hybridized carbons (Fsp3) is 0.409. The van der Waals surface area contributed by atoms with E-state index in [1.807, 2.05) is 12.3 Å². The van der Waals surface area contributed by atoms with Crippen LogP contribution in [0.25, 0.3) is 4.96 Å². The van der Waals surface area contributed by atoms with E-state index in [0.29, 0.717) is 48.9 Å². The van der Waals surface area contributed by atoms with Crippen LogP contribution in [0.4, 0.5) is 13.2 Å². The number of piperazine rings is 1. The molecule has 1 amide bonds. The summed E-state index contributed by atoms with van der Waals surface area (Å²) in [6.07, 6.45) is -2.41. The maximum absolute atomic E-state index is 12.7. The van der Waals surface area contributed by atoms with Gasteiger partial charge in [-0.05, 0) is 23.6 Å². The Morgan fingerprint density at radius 3 is 2.50 bits per heavy atom. The Labute approximate surface area is 186 Å². The van der Waals surface area contributed by atoms with Crippen LogP contribution in [0.2, 0.25) is 0 Å². The number of fused-ring (bicyclic) bond motifs is 1. The molecule has 0 N–H and O–H groups in total. The van der Waals surface area contributed by atoms with Gasteiger partial charge in [0.15, 0.2) is 4.96 Å². The summed E-state index contributed by atoms with van der Waals surface area (Å²) in [4.78, 5) is 34.0. The van der Waals surface area contributed by atoms with Gasteiger partial charge < -0.3 is 4.90 Å². The van der Waals surface area contributed by atoms with E-state index in [-0.39, 0.29) is 23.8 Å². The van der Waals surface area contributed by atoms with Gasteiger partial charge in [0.2, 0.25) is 5.91 Å². The lowest BCUT2D eigenvalue weighted by atomic mass is 9.96. The van der Waals surface area contributed by atoms with Gasteiger partial charge in [0.05, 0.1) is 11.3 Å². The number of benzene rings is 1. The minimum atomic E-state index is -4.36. The van der Waals surface area contributed by atoms with Crippen LogP contribution in [0.15, 0.2) is 46.7 Å². The molecule has 1 saturated heterocycles. The van der Waals surface area contributed by atoms with E-state index in [2.05, 4.69) is 9.88 Å². The number of halogens is 3. The minimum Gasteiger partial charge on any atom is -0.340 e. The molecular weight excluding hydrogens is 441 g/mol. The summed E-state index contributed by atoms with van der Waals surface area (Å²) < 4.78 is 39.7. The topological polar surface area (TPSA) is 57.9 Å². The largest absolute Gasteiger partial charge is 0.416 e. The van der Waals surface area contributed by atoms with Crippen molar-refractivity contribution in [3.8, 4) is 0 Å². The zero-order chi connectivity index (χ0) is 22.9. The average Bonchev–Trinajstić information content (AvgIpc) is 3.23. The van der Waals surface area contributed by atoms with Gasteiger partial charge in [-0.15, -0.1) is 11.3 Å². The summed E-state index contributed by atoms with van der Waals surface area (Å²) in [7, 11) is 0. The van der Waals surface area contributed by atoms with Crippen molar-refractivity contribution >= 4 is 22.2 Å². The number of hydrogen-bond donors (Lipinski definition) is 0. The highest BCUT2D eigenvalue weighted by Crippen LogP contribution is 2.30. The number of hydrogen-bond acceptors (Lipinski definition) is 5. The van der Waals surface area contributed by atoms with Gasteiger partial charge in [0.25, 0.3) is 5.56 Å². The summed E-state index contributed by atoms with van der Waals surface area (Å²) in [6.45, 7) is 4.88. The Morgan fingerprint density at radius 1 is 1.16 bits per heavy atom. The number of alkyl halides is 3. The third kappa shape index (κ3) is 5.02. The molecule has 3 aromatic rings. The number of amides is 1. The van der Waals surface area contributed by atoms with Crippen molar-refractivity contribution in [1.82, 2.24) is 19.2 Å². The molecule has 0 bridgehead atoms. The Morgan fingerprint density at radius 2 is 1.84 bits per heavy atom. The number of carbonyl (C=O) groups is 1. The molecule has 4 rings (SSSR count). The van der Waals surface area contributed by atoms with Crippen LogP contribution in [-0.2, 0) is 17.5 Å². The zero-order valence-corrected chi connectivity index (χ0v) is 18.3. The predicted molar refractivity (Wildman–Crippen MR) is 116 cm³/mol. The molecule has 0 radical (unpaired) electrons. The molecule has 10 heteroatoms. The Bertz CT molecular complexity index is 1150. The second-order valence-corrected chi connectivity index (χ2v) is 8.90. The van der Waals surface area contributed by atoms with E-state index >= 15 is 0 Å². The molecule has 1 unspecified atom stereocenters. The van der Waals surface area contributed by atoms with Gasteiger partial charge in [-0.25, -0.2) is 4.98 Å². The zero-order valence-electron chi connectivity index (χ0n) is 17.5. The number of aromatic nitrogens is 2. The van der Waals surface area contributed by atoms with Crippen molar-refractivity contribution in [3.05, 3.63) is 69.1 Å². The summed E-state index contributed by atoms with van der Waals surface area (Å²) >= 11 is 1.41. The lowest BCUT2D eigenvalue weighted by Crippen LogP contribution is -2.48. The van der Waals surface area contributed by atoms with Crippen LogP contribution in [0, 0.1) is 0 Å². The van der Waals surface area contributed by atoms with Crippen molar-refractivity contribution in [2.45, 2.75) is 32.0 Å². The molecule has 0 aliphatic carbocycles. The smallest absolute Gasteiger partial charge is 0.340 e. The summed E-state index contributed by atoms with van der Waals surface area (Å²) in [5, 5.41) is 1.82. The van der Waals surface area contributed by atoms with Gasteiger partial charge in [0, 0.05) is 56.8 Å². The third-order valence-electron chi connectivity index (χ3n) is 5.75. The van der Waals surface area contributed by atoms with Crippen LogP contribution in [0.3, 0.4) is 0 Å². The van der Waals surface area contributed by atoms with Crippen LogP contribution >= 0.6 is 11.3 Å². The predicted octanol–water partition coefficient (Wildman–Crippen LogP) is 3.61. The fourth-order valence-corrected chi connectivity index (χ4v) is 4.60. The van der Waals surface area contributed by atoms with Crippen molar-refractivity contribution in [2.24, 2.45) is 0 Å². The number of carbonyl (C=O) groups excluding carboxylic acids is 1. The maximum Gasteiger partial charge on any atom is 0.416 e. The second kappa shape index (κ2) is 9.03. The molecule has 32 heavy (non-hydrogen) atoms. The van der Waals surface area contributed by atoms with Crippen LogP contribution in [-0.4, -0.2) is 51.3 Å². The van der Waals surface area contributed by atoms with Gasteiger partial charge in [-0.2, -0.15) is 13.2 Å². The summed E-state index contributed by atoms with van der Waals surface area (Å²) in [5.41, 5.74) is 0.642. The van der Waals surface area contributed by atoms with Gasteiger partial charge >= 0.3 is 6.18 Å². The first kappa shape index (κ1) is 22.5. The maximum atomic E-state index is 12.7. The molecule has 2 aromatic heterocycles. The molecule has 1 aromatic carbocycles. The molecule has 1 aliphatic rings.